The fourth-order valence-corrected chi connectivity index (χ4v) is 4.81. The Labute approximate surface area is 192 Å². The molecule has 1 aliphatic heterocycles. The molecule has 1 aromatic heterocycles. The van der Waals surface area contributed by atoms with Gasteiger partial charge in [0.25, 0.3) is 0 Å². The fourth-order valence-electron chi connectivity index (χ4n) is 4.01. The molecular weight excluding hydrogens is 514 g/mol. The van der Waals surface area contributed by atoms with E-state index < -0.39 is 11.9 Å². The molecule has 3 rings (SSSR count). The summed E-state index contributed by atoms with van der Waals surface area (Å²) in [5, 5.41) is 8.28. The summed E-state index contributed by atoms with van der Waals surface area (Å²) < 4.78 is 37.9. The van der Waals surface area contributed by atoms with Crippen LogP contribution in [-0.4, -0.2) is 54.1 Å². The number of halogens is 4. The number of aromatic nitrogens is 1. The van der Waals surface area contributed by atoms with Gasteiger partial charge in [0.2, 0.25) is 0 Å². The van der Waals surface area contributed by atoms with Crippen LogP contribution in [0, 0.1) is 0 Å². The quantitative estimate of drug-likeness (QED) is 0.319. The van der Waals surface area contributed by atoms with E-state index in [1.165, 1.54) is 25.7 Å². The van der Waals surface area contributed by atoms with Gasteiger partial charge in [-0.2, -0.15) is 13.2 Å². The zero-order chi connectivity index (χ0) is 20.0. The first-order valence-electron chi connectivity index (χ1n) is 10.3. The zero-order valence-corrected chi connectivity index (χ0v) is 19.9. The number of thiazole rings is 1. The molecule has 0 atom stereocenters. The summed E-state index contributed by atoms with van der Waals surface area (Å²) in [5.41, 5.74) is -0.810. The van der Waals surface area contributed by atoms with Crippen molar-refractivity contribution < 1.29 is 13.2 Å². The number of guanidine groups is 1. The van der Waals surface area contributed by atoms with Crippen molar-refractivity contribution >= 4 is 41.3 Å². The molecule has 2 aliphatic rings. The lowest BCUT2D eigenvalue weighted by Gasteiger charge is -2.36. The van der Waals surface area contributed by atoms with Crippen LogP contribution in [0.15, 0.2) is 10.4 Å². The summed E-state index contributed by atoms with van der Waals surface area (Å²) in [6.45, 7) is 5.43. The number of likely N-dealkylation sites (tertiary alicyclic amines) is 1. The van der Waals surface area contributed by atoms with Crippen LogP contribution in [0.25, 0.3) is 0 Å². The van der Waals surface area contributed by atoms with Gasteiger partial charge < -0.3 is 15.5 Å². The number of nitrogens with one attached hydrogen (secondary N) is 2. The van der Waals surface area contributed by atoms with Gasteiger partial charge in [-0.1, -0.05) is 12.8 Å². The largest absolute Gasteiger partial charge is 0.434 e. The van der Waals surface area contributed by atoms with E-state index >= 15 is 0 Å². The summed E-state index contributed by atoms with van der Waals surface area (Å²) in [6, 6.07) is 1.18. The van der Waals surface area contributed by atoms with Crippen LogP contribution in [0.4, 0.5) is 13.2 Å². The molecule has 1 saturated heterocycles. The maximum absolute atomic E-state index is 12.6. The number of alkyl halides is 3. The maximum atomic E-state index is 12.6. The van der Waals surface area contributed by atoms with Gasteiger partial charge in [-0.05, 0) is 32.6 Å². The van der Waals surface area contributed by atoms with Crippen LogP contribution in [0.2, 0.25) is 0 Å². The van der Waals surface area contributed by atoms with E-state index in [9.17, 15) is 13.2 Å². The summed E-state index contributed by atoms with van der Waals surface area (Å²) in [6.07, 6.45) is 3.65. The minimum Gasteiger partial charge on any atom is -0.357 e. The Morgan fingerprint density at radius 3 is 2.52 bits per heavy atom. The lowest BCUT2D eigenvalue weighted by Crippen LogP contribution is -2.50. The number of nitrogens with zero attached hydrogens (tertiary/aromatic N) is 3. The van der Waals surface area contributed by atoms with Crippen LogP contribution in [0.5, 0.6) is 0 Å². The molecule has 0 spiro atoms. The summed E-state index contributed by atoms with van der Waals surface area (Å²) >= 11 is 1.04. The van der Waals surface area contributed by atoms with E-state index in [1.54, 1.807) is 0 Å². The molecule has 0 amide bonds. The van der Waals surface area contributed by atoms with Crippen molar-refractivity contribution in [2.24, 2.45) is 4.99 Å². The van der Waals surface area contributed by atoms with Crippen LogP contribution < -0.4 is 10.6 Å². The number of piperidine rings is 1. The third-order valence-electron chi connectivity index (χ3n) is 5.49. The standard InChI is InChI=1S/C19H30F3N5S.HI/c1-2-23-18(24-10-7-17-26-16(13-28-17)19(20,21)22)25-14-8-11-27(12-9-14)15-5-3-4-6-15;/h13-15H,2-12H2,1H3,(H2,23,24,25);1H. The summed E-state index contributed by atoms with van der Waals surface area (Å²) in [5.74, 6) is 0.745. The Morgan fingerprint density at radius 1 is 1.24 bits per heavy atom. The lowest BCUT2D eigenvalue weighted by molar-refractivity contribution is -0.140. The van der Waals surface area contributed by atoms with Gasteiger partial charge in [0.1, 0.15) is 0 Å². The molecule has 0 aromatic carbocycles. The normalized spacial score (nSPS) is 19.9. The van der Waals surface area contributed by atoms with E-state index in [0.29, 0.717) is 24.0 Å². The number of aliphatic imine (C=N–C) groups is 1. The SMILES string of the molecule is CCNC(=NCCc1nc(C(F)(F)F)cs1)NC1CCN(C2CCCC2)CC1.I. The molecule has 10 heteroatoms. The Hall–Kier alpha value is -0.620. The van der Waals surface area contributed by atoms with Crippen LogP contribution in [0.3, 0.4) is 0 Å². The van der Waals surface area contributed by atoms with Crippen molar-refractivity contribution in [2.75, 3.05) is 26.2 Å². The first-order chi connectivity index (χ1) is 13.5. The lowest BCUT2D eigenvalue weighted by atomic mass is 10.0. The first-order valence-corrected chi connectivity index (χ1v) is 11.1. The molecule has 1 aliphatic carbocycles. The topological polar surface area (TPSA) is 52.6 Å². The predicted octanol–water partition coefficient (Wildman–Crippen LogP) is 4.28. The molecule has 29 heavy (non-hydrogen) atoms. The highest BCUT2D eigenvalue weighted by atomic mass is 127. The first kappa shape index (κ1) is 24.6. The molecule has 2 heterocycles. The van der Waals surface area contributed by atoms with Gasteiger partial charge in [0, 0.05) is 50.1 Å². The minimum atomic E-state index is -4.37. The van der Waals surface area contributed by atoms with E-state index in [2.05, 4.69) is 25.5 Å². The van der Waals surface area contributed by atoms with E-state index in [4.69, 9.17) is 0 Å². The second-order valence-corrected chi connectivity index (χ2v) is 8.47. The monoisotopic (exact) mass is 545 g/mol. The zero-order valence-electron chi connectivity index (χ0n) is 16.8. The number of rotatable bonds is 6. The smallest absolute Gasteiger partial charge is 0.357 e. The van der Waals surface area contributed by atoms with Gasteiger partial charge in [-0.25, -0.2) is 4.98 Å². The van der Waals surface area contributed by atoms with E-state index in [-0.39, 0.29) is 24.0 Å². The van der Waals surface area contributed by atoms with Gasteiger partial charge in [0.15, 0.2) is 11.7 Å². The van der Waals surface area contributed by atoms with Crippen molar-refractivity contribution in [1.82, 2.24) is 20.5 Å². The Balaban J connectivity index is 0.00000300. The average molecular weight is 545 g/mol. The molecule has 1 saturated carbocycles. The molecule has 5 nitrogen and oxygen atoms in total. The molecule has 0 unspecified atom stereocenters. The second-order valence-electron chi connectivity index (χ2n) is 7.53. The minimum absolute atomic E-state index is 0. The third kappa shape index (κ3) is 7.54. The molecule has 0 radical (unpaired) electrons. The van der Waals surface area contributed by atoms with Crippen LogP contribution in [-0.2, 0) is 12.6 Å². The Kier molecular flexibility index (Phi) is 9.93. The highest BCUT2D eigenvalue weighted by Gasteiger charge is 2.33. The predicted molar refractivity (Wildman–Crippen MR) is 122 cm³/mol. The molecule has 1 aromatic rings. The van der Waals surface area contributed by atoms with Crippen molar-refractivity contribution in [1.29, 1.82) is 0 Å². The summed E-state index contributed by atoms with van der Waals surface area (Å²) in [7, 11) is 0. The highest BCUT2D eigenvalue weighted by Crippen LogP contribution is 2.30. The molecule has 166 valence electrons. The number of hydrogen-bond acceptors (Lipinski definition) is 4. The van der Waals surface area contributed by atoms with E-state index in [1.807, 2.05) is 6.92 Å². The molecule has 0 bridgehead atoms. The number of hydrogen-bond donors (Lipinski definition) is 2. The molecule has 2 N–H and O–H groups in total. The maximum Gasteiger partial charge on any atom is 0.434 e. The highest BCUT2D eigenvalue weighted by molar-refractivity contribution is 14.0. The van der Waals surface area contributed by atoms with Crippen molar-refractivity contribution in [3.8, 4) is 0 Å². The van der Waals surface area contributed by atoms with Gasteiger partial charge in [0.05, 0.1) is 5.01 Å². The van der Waals surface area contributed by atoms with Crippen LogP contribution >= 0.6 is 35.3 Å². The summed E-state index contributed by atoms with van der Waals surface area (Å²) in [4.78, 5) is 10.8. The van der Waals surface area contributed by atoms with Crippen LogP contribution in [0.1, 0.15) is 56.2 Å². The van der Waals surface area contributed by atoms with Gasteiger partial charge in [-0.15, -0.1) is 35.3 Å². The second kappa shape index (κ2) is 11.7. The van der Waals surface area contributed by atoms with Crippen molar-refractivity contribution in [2.45, 2.75) is 70.1 Å². The average Bonchev–Trinajstić information content (AvgIpc) is 3.34. The third-order valence-corrected chi connectivity index (χ3v) is 6.40. The van der Waals surface area contributed by atoms with Crippen molar-refractivity contribution in [3.05, 3.63) is 16.1 Å². The molecular formula is C19H31F3IN5S. The van der Waals surface area contributed by atoms with Gasteiger partial charge in [-0.3, -0.25) is 4.99 Å². The van der Waals surface area contributed by atoms with Crippen molar-refractivity contribution in [3.63, 3.8) is 0 Å². The Bertz CT molecular complexity index is 638. The van der Waals surface area contributed by atoms with Gasteiger partial charge >= 0.3 is 6.18 Å². The fraction of sp³-hybridized carbons (Fsp3) is 0.789. The Morgan fingerprint density at radius 2 is 1.93 bits per heavy atom. The molecule has 2 fully saturated rings. The van der Waals surface area contributed by atoms with E-state index in [0.717, 1.165) is 61.2 Å².